The fraction of sp³-hybridized carbons (Fsp3) is 0.280. The number of amides is 2. The Labute approximate surface area is 187 Å². The first kappa shape index (κ1) is 21.5. The Kier molecular flexibility index (Phi) is 6.16. The van der Waals surface area contributed by atoms with E-state index < -0.39 is 5.41 Å². The Hall–Kier alpha value is -3.74. The van der Waals surface area contributed by atoms with Crippen molar-refractivity contribution in [1.82, 2.24) is 9.97 Å². The molecule has 32 heavy (non-hydrogen) atoms. The van der Waals surface area contributed by atoms with Crippen LogP contribution in [0.3, 0.4) is 0 Å². The highest BCUT2D eigenvalue weighted by atomic mass is 16.2. The minimum atomic E-state index is -0.629. The third-order valence-corrected chi connectivity index (χ3v) is 6.41. The minimum absolute atomic E-state index is 0.199. The lowest BCUT2D eigenvalue weighted by Crippen LogP contribution is -2.43. The first-order valence-corrected chi connectivity index (χ1v) is 10.8. The molecule has 4 rings (SSSR count). The van der Waals surface area contributed by atoms with Gasteiger partial charge in [0.05, 0.1) is 11.0 Å². The Morgan fingerprint density at radius 2 is 1.84 bits per heavy atom. The second-order valence-corrected chi connectivity index (χ2v) is 8.27. The summed E-state index contributed by atoms with van der Waals surface area (Å²) in [5.74, 6) is 0.164. The molecule has 0 spiro atoms. The van der Waals surface area contributed by atoms with Crippen LogP contribution < -0.4 is 16.4 Å². The fourth-order valence-electron chi connectivity index (χ4n) is 4.58. The summed E-state index contributed by atoms with van der Waals surface area (Å²) in [6, 6.07) is 14.7. The summed E-state index contributed by atoms with van der Waals surface area (Å²) in [5, 5.41) is 6.14. The number of pyridine rings is 2. The standard InChI is InChI=1S/C25H27N5O2/c1-17-4-2-12-25(17,24(26)32)19-6-8-20(9-7-19)30-23(31)21-5-3-13-28-22(21)29-16-18-10-14-27-15-11-18/h3,5-11,13-15,17H,2,4,12,16H2,1H3,(H2,26,32)(H,28,29)(H,30,31). The smallest absolute Gasteiger partial charge is 0.259 e. The van der Waals surface area contributed by atoms with Crippen molar-refractivity contribution >= 4 is 23.3 Å². The van der Waals surface area contributed by atoms with Gasteiger partial charge in [0, 0.05) is 30.8 Å². The van der Waals surface area contributed by atoms with Crippen molar-refractivity contribution in [2.45, 2.75) is 38.1 Å². The SMILES string of the molecule is CC1CCCC1(C(N)=O)c1ccc(NC(=O)c2cccnc2NCc2ccncc2)cc1. The van der Waals surface area contributed by atoms with Gasteiger partial charge in [0.1, 0.15) is 5.82 Å². The van der Waals surface area contributed by atoms with E-state index in [0.717, 1.165) is 30.4 Å². The maximum Gasteiger partial charge on any atom is 0.259 e. The molecule has 1 aliphatic carbocycles. The highest BCUT2D eigenvalue weighted by Crippen LogP contribution is 2.45. The molecule has 4 N–H and O–H groups in total. The van der Waals surface area contributed by atoms with Gasteiger partial charge in [-0.3, -0.25) is 14.6 Å². The molecule has 2 unspecified atom stereocenters. The van der Waals surface area contributed by atoms with E-state index in [4.69, 9.17) is 5.73 Å². The normalized spacial score (nSPS) is 20.0. The van der Waals surface area contributed by atoms with Crippen LogP contribution in [0.1, 0.15) is 47.7 Å². The lowest BCUT2D eigenvalue weighted by molar-refractivity contribution is -0.124. The molecule has 2 aromatic heterocycles. The molecule has 2 atom stereocenters. The molecule has 1 aromatic carbocycles. The Bertz CT molecular complexity index is 1100. The van der Waals surface area contributed by atoms with Gasteiger partial charge >= 0.3 is 0 Å². The van der Waals surface area contributed by atoms with Gasteiger partial charge in [-0.25, -0.2) is 4.98 Å². The van der Waals surface area contributed by atoms with Crippen molar-refractivity contribution in [3.63, 3.8) is 0 Å². The second kappa shape index (κ2) is 9.18. The largest absolute Gasteiger partial charge is 0.369 e. The zero-order chi connectivity index (χ0) is 22.6. The zero-order valence-electron chi connectivity index (χ0n) is 18.0. The fourth-order valence-corrected chi connectivity index (χ4v) is 4.58. The third kappa shape index (κ3) is 4.19. The highest BCUT2D eigenvalue weighted by Gasteiger charge is 2.46. The van der Waals surface area contributed by atoms with E-state index in [0.29, 0.717) is 23.6 Å². The van der Waals surface area contributed by atoms with Gasteiger partial charge in [0.15, 0.2) is 0 Å². The Morgan fingerprint density at radius 3 is 2.50 bits per heavy atom. The van der Waals surface area contributed by atoms with E-state index in [-0.39, 0.29) is 17.7 Å². The molecule has 7 nitrogen and oxygen atoms in total. The number of aromatic nitrogens is 2. The number of primary amides is 1. The molecular formula is C25H27N5O2. The molecule has 0 aliphatic heterocycles. The van der Waals surface area contributed by atoms with E-state index in [1.165, 1.54) is 0 Å². The van der Waals surface area contributed by atoms with Gasteiger partial charge in [0.25, 0.3) is 5.91 Å². The number of hydrogen-bond acceptors (Lipinski definition) is 5. The van der Waals surface area contributed by atoms with Crippen molar-refractivity contribution in [1.29, 1.82) is 0 Å². The maximum absolute atomic E-state index is 12.9. The lowest BCUT2D eigenvalue weighted by atomic mass is 9.72. The molecule has 2 amide bonds. The first-order valence-electron chi connectivity index (χ1n) is 10.8. The summed E-state index contributed by atoms with van der Waals surface area (Å²) in [6.45, 7) is 2.61. The van der Waals surface area contributed by atoms with Crippen molar-refractivity contribution in [3.8, 4) is 0 Å². The van der Waals surface area contributed by atoms with Gasteiger partial charge in [-0.2, -0.15) is 0 Å². The van der Waals surface area contributed by atoms with Crippen LogP contribution in [0, 0.1) is 5.92 Å². The van der Waals surface area contributed by atoms with Gasteiger partial charge in [-0.05, 0) is 66.3 Å². The molecular weight excluding hydrogens is 402 g/mol. The van der Waals surface area contributed by atoms with Crippen molar-refractivity contribution in [3.05, 3.63) is 83.8 Å². The molecule has 2 heterocycles. The summed E-state index contributed by atoms with van der Waals surface area (Å²) in [4.78, 5) is 33.6. The van der Waals surface area contributed by atoms with E-state index in [1.54, 1.807) is 30.7 Å². The van der Waals surface area contributed by atoms with Crippen LogP contribution >= 0.6 is 0 Å². The monoisotopic (exact) mass is 429 g/mol. The zero-order valence-corrected chi connectivity index (χ0v) is 18.0. The van der Waals surface area contributed by atoms with Crippen LogP contribution in [-0.2, 0) is 16.8 Å². The number of anilines is 2. The van der Waals surface area contributed by atoms with Crippen LogP contribution in [0.5, 0.6) is 0 Å². The number of carbonyl (C=O) groups excluding carboxylic acids is 2. The van der Waals surface area contributed by atoms with Crippen LogP contribution in [0.2, 0.25) is 0 Å². The quantitative estimate of drug-likeness (QED) is 0.528. The van der Waals surface area contributed by atoms with Crippen molar-refractivity contribution < 1.29 is 9.59 Å². The highest BCUT2D eigenvalue weighted by molar-refractivity contribution is 6.07. The molecule has 0 saturated heterocycles. The molecule has 164 valence electrons. The lowest BCUT2D eigenvalue weighted by Gasteiger charge is -2.31. The summed E-state index contributed by atoms with van der Waals surface area (Å²) in [7, 11) is 0. The number of carbonyl (C=O) groups is 2. The van der Waals surface area contributed by atoms with E-state index >= 15 is 0 Å². The molecule has 7 heteroatoms. The number of nitrogens with two attached hydrogens (primary N) is 1. The summed E-state index contributed by atoms with van der Waals surface area (Å²) >= 11 is 0. The number of rotatable bonds is 7. The molecule has 0 bridgehead atoms. The summed E-state index contributed by atoms with van der Waals surface area (Å²) in [5.41, 5.74) is 8.23. The van der Waals surface area contributed by atoms with Gasteiger partial charge < -0.3 is 16.4 Å². The number of hydrogen-bond donors (Lipinski definition) is 3. The summed E-state index contributed by atoms with van der Waals surface area (Å²) < 4.78 is 0. The number of nitrogens with zero attached hydrogens (tertiary/aromatic N) is 2. The molecule has 1 fully saturated rings. The van der Waals surface area contributed by atoms with Gasteiger partial charge in [0.2, 0.25) is 5.91 Å². The van der Waals surface area contributed by atoms with Crippen molar-refractivity contribution in [2.75, 3.05) is 10.6 Å². The topological polar surface area (TPSA) is 110 Å². The third-order valence-electron chi connectivity index (χ3n) is 6.41. The van der Waals surface area contributed by atoms with E-state index in [1.807, 2.05) is 36.4 Å². The number of nitrogens with one attached hydrogen (secondary N) is 2. The van der Waals surface area contributed by atoms with Crippen molar-refractivity contribution in [2.24, 2.45) is 11.7 Å². The van der Waals surface area contributed by atoms with E-state index in [9.17, 15) is 9.59 Å². The first-order chi connectivity index (χ1) is 15.5. The predicted molar refractivity (Wildman–Crippen MR) is 124 cm³/mol. The van der Waals surface area contributed by atoms with Gasteiger partial charge in [-0.15, -0.1) is 0 Å². The predicted octanol–water partition coefficient (Wildman–Crippen LogP) is 3.88. The number of benzene rings is 1. The molecule has 0 radical (unpaired) electrons. The van der Waals surface area contributed by atoms with E-state index in [2.05, 4.69) is 27.5 Å². The summed E-state index contributed by atoms with van der Waals surface area (Å²) in [6.07, 6.45) is 7.82. The molecule has 1 saturated carbocycles. The average molecular weight is 430 g/mol. The second-order valence-electron chi connectivity index (χ2n) is 8.27. The Balaban J connectivity index is 1.48. The van der Waals surface area contributed by atoms with Gasteiger partial charge in [-0.1, -0.05) is 25.5 Å². The van der Waals surface area contributed by atoms with Crippen LogP contribution in [0.25, 0.3) is 0 Å². The average Bonchev–Trinajstić information content (AvgIpc) is 3.21. The van der Waals surface area contributed by atoms with Crippen LogP contribution in [0.4, 0.5) is 11.5 Å². The van der Waals surface area contributed by atoms with Crippen LogP contribution in [-0.4, -0.2) is 21.8 Å². The minimum Gasteiger partial charge on any atom is -0.369 e. The Morgan fingerprint density at radius 1 is 1.09 bits per heavy atom. The van der Waals surface area contributed by atoms with Crippen LogP contribution in [0.15, 0.2) is 67.1 Å². The molecule has 1 aliphatic rings. The molecule has 3 aromatic rings. The maximum atomic E-state index is 12.9.